The number of benzene rings is 2. The van der Waals surface area contributed by atoms with E-state index in [9.17, 15) is 24.0 Å². The average molecular weight is 1050 g/mol. The van der Waals surface area contributed by atoms with Gasteiger partial charge >= 0.3 is 24.2 Å². The molecular formula is C59H82N8O9. The molecule has 2 aromatic carbocycles. The number of ether oxygens (including phenoxy) is 3. The van der Waals surface area contributed by atoms with Crippen LogP contribution in [0.1, 0.15) is 169 Å². The maximum absolute atomic E-state index is 13.4. The topological polar surface area (TPSA) is 196 Å². The van der Waals surface area contributed by atoms with Gasteiger partial charge in [-0.3, -0.25) is 14.8 Å². The lowest BCUT2D eigenvalue weighted by atomic mass is 9.86. The lowest BCUT2D eigenvalue weighted by molar-refractivity contribution is 0.0199. The van der Waals surface area contributed by atoms with Crippen LogP contribution in [-0.4, -0.2) is 124 Å². The molecule has 2 unspecified atom stereocenters. The fourth-order valence-corrected chi connectivity index (χ4v) is 10.0. The number of nitrogens with one attached hydrogen (secondary N) is 2. The highest BCUT2D eigenvalue weighted by Gasteiger charge is 2.32. The first-order valence-electron chi connectivity index (χ1n) is 26.8. The number of carboxylic acid groups (broad SMARTS) is 1. The summed E-state index contributed by atoms with van der Waals surface area (Å²) in [6.07, 6.45) is 15.4. The summed E-state index contributed by atoms with van der Waals surface area (Å²) in [6, 6.07) is 19.3. The Morgan fingerprint density at radius 2 is 0.921 bits per heavy atom. The Bertz CT molecular complexity index is 2580. The molecule has 2 atom stereocenters. The molecule has 4 amide bonds. The molecule has 8 rings (SSSR count). The van der Waals surface area contributed by atoms with Crippen molar-refractivity contribution in [2.75, 3.05) is 50.1 Å². The monoisotopic (exact) mass is 1050 g/mol. The molecule has 0 radical (unpaired) electrons. The summed E-state index contributed by atoms with van der Waals surface area (Å²) in [5.74, 6) is -0.925. The van der Waals surface area contributed by atoms with Crippen LogP contribution in [0.15, 0.2) is 85.5 Å². The molecule has 2 saturated heterocycles. The van der Waals surface area contributed by atoms with Crippen molar-refractivity contribution < 1.29 is 43.3 Å². The van der Waals surface area contributed by atoms with Gasteiger partial charge in [0.05, 0.1) is 17.6 Å². The highest BCUT2D eigenvalue weighted by Crippen LogP contribution is 2.33. The Hall–Kier alpha value is -6.91. The van der Waals surface area contributed by atoms with Crippen LogP contribution in [-0.2, 0) is 27.1 Å². The third-order valence-electron chi connectivity index (χ3n) is 13.9. The first-order valence-corrected chi connectivity index (χ1v) is 26.8. The molecule has 3 N–H and O–H groups in total. The molecule has 76 heavy (non-hydrogen) atoms. The molecule has 4 heterocycles. The molecule has 4 aliphatic rings. The SMILES string of the molecule is CC(C)(C)OC(=O)NC1CCCc2ccc(C(=O)O)cc21.CN(C(=O)OC(C)(C)C)C1CCN(c2ccncc2)CC1.CN(C(=O)c1ccc2c(c1)C(NC(=O)OC(C)(C)C)CCC2)C1CCN(c2ccncc2)CC1. The second-order valence-corrected chi connectivity index (χ2v) is 23.2. The molecule has 17 heteroatoms. The number of aromatic nitrogens is 2. The number of pyridine rings is 2. The maximum atomic E-state index is 13.4. The normalized spacial score (nSPS) is 17.9. The number of carboxylic acids is 1. The number of fused-ring (bicyclic) bond motifs is 2. The van der Waals surface area contributed by atoms with Gasteiger partial charge in [0.1, 0.15) is 16.8 Å². The van der Waals surface area contributed by atoms with Gasteiger partial charge in [0.2, 0.25) is 0 Å². The van der Waals surface area contributed by atoms with E-state index in [0.717, 1.165) is 107 Å². The van der Waals surface area contributed by atoms with Crippen molar-refractivity contribution in [2.24, 2.45) is 0 Å². The Labute approximate surface area is 450 Å². The highest BCUT2D eigenvalue weighted by molar-refractivity contribution is 5.94. The minimum Gasteiger partial charge on any atom is -0.478 e. The molecular weight excluding hydrogens is 965 g/mol. The van der Waals surface area contributed by atoms with Gasteiger partial charge in [0.25, 0.3) is 5.91 Å². The fraction of sp³-hybridized carbons (Fsp3) is 0.542. The number of hydrogen-bond donors (Lipinski definition) is 3. The van der Waals surface area contributed by atoms with Crippen molar-refractivity contribution in [2.45, 2.75) is 167 Å². The number of aryl methyl sites for hydroxylation is 2. The van der Waals surface area contributed by atoms with E-state index in [4.69, 9.17) is 19.3 Å². The third-order valence-corrected chi connectivity index (χ3v) is 13.9. The third kappa shape index (κ3) is 17.3. The molecule has 412 valence electrons. The average Bonchev–Trinajstić information content (AvgIpc) is 3.37. The standard InChI is InChI=1S/C27H36N4O3.C16H25N3O2.C16H21NO4/c1-27(2,3)34-26(33)29-24-7-5-6-19-8-9-20(18-23(19)24)25(32)30(4)21-12-16-31(17-13-21)22-10-14-28-15-11-22;1-16(2,3)21-15(20)18(4)13-7-11-19(12-8-13)14-5-9-17-10-6-14;1-16(2,3)21-15(20)17-13-6-4-5-10-7-8-11(14(18)19)9-12(10)13/h8-11,14-15,18,21,24H,5-7,12-13,16-17H2,1-4H3,(H,29,33);5-6,9-10,13H,7-8,11-12H2,1-4H3;7-9,13H,4-6H2,1-3H3,(H,17,20)(H,18,19). The molecule has 2 fully saturated rings. The van der Waals surface area contributed by atoms with E-state index in [0.29, 0.717) is 5.56 Å². The first-order chi connectivity index (χ1) is 35.8. The van der Waals surface area contributed by atoms with Crippen LogP contribution in [0.5, 0.6) is 0 Å². The predicted octanol–water partition coefficient (Wildman–Crippen LogP) is 10.9. The number of nitrogens with zero attached hydrogens (tertiary/aromatic N) is 6. The zero-order valence-electron chi connectivity index (χ0n) is 46.7. The molecule has 2 aliphatic heterocycles. The van der Waals surface area contributed by atoms with Gasteiger partial charge < -0.3 is 49.6 Å². The molecule has 17 nitrogen and oxygen atoms in total. The molecule has 2 aliphatic carbocycles. The fourth-order valence-electron chi connectivity index (χ4n) is 10.0. The minimum absolute atomic E-state index is 0.0340. The van der Waals surface area contributed by atoms with E-state index in [1.807, 2.05) is 155 Å². The van der Waals surface area contributed by atoms with Crippen molar-refractivity contribution >= 4 is 41.5 Å². The molecule has 0 bridgehead atoms. The summed E-state index contributed by atoms with van der Waals surface area (Å²) in [4.78, 5) is 77.3. The Balaban J connectivity index is 0.000000195. The number of piperidine rings is 2. The number of carbonyl (C=O) groups excluding carboxylic acids is 4. The number of aromatic carboxylic acids is 1. The number of hydrogen-bond acceptors (Lipinski definition) is 12. The van der Waals surface area contributed by atoms with Gasteiger partial charge in [-0.1, -0.05) is 12.1 Å². The van der Waals surface area contributed by atoms with Gasteiger partial charge in [0, 0.05) is 94.1 Å². The van der Waals surface area contributed by atoms with Crippen LogP contribution >= 0.6 is 0 Å². The summed E-state index contributed by atoms with van der Waals surface area (Å²) < 4.78 is 16.2. The summed E-state index contributed by atoms with van der Waals surface area (Å²) in [6.45, 7) is 20.4. The number of carbonyl (C=O) groups is 5. The van der Waals surface area contributed by atoms with Crippen LogP contribution in [0.2, 0.25) is 0 Å². The highest BCUT2D eigenvalue weighted by atomic mass is 16.6. The second-order valence-electron chi connectivity index (χ2n) is 23.2. The number of amides is 4. The van der Waals surface area contributed by atoms with E-state index < -0.39 is 35.0 Å². The quantitative estimate of drug-likeness (QED) is 0.141. The van der Waals surface area contributed by atoms with Gasteiger partial charge in [-0.25, -0.2) is 19.2 Å². The molecule has 4 aromatic rings. The molecule has 2 aromatic heterocycles. The van der Waals surface area contributed by atoms with Crippen molar-refractivity contribution in [3.05, 3.63) is 119 Å². The zero-order valence-corrected chi connectivity index (χ0v) is 46.7. The van der Waals surface area contributed by atoms with E-state index in [1.165, 1.54) is 16.9 Å². The summed E-state index contributed by atoms with van der Waals surface area (Å²) in [5.41, 5.74) is 5.95. The molecule has 0 spiro atoms. The van der Waals surface area contributed by atoms with Gasteiger partial charge in [-0.15, -0.1) is 0 Å². The largest absolute Gasteiger partial charge is 0.478 e. The second kappa shape index (κ2) is 25.8. The number of alkyl carbamates (subject to hydrolysis) is 2. The van der Waals surface area contributed by atoms with E-state index >= 15 is 0 Å². The summed E-state index contributed by atoms with van der Waals surface area (Å²) in [5, 5.41) is 15.0. The number of rotatable bonds is 8. The van der Waals surface area contributed by atoms with Gasteiger partial charge in [-0.05, 0) is 197 Å². The number of anilines is 2. The van der Waals surface area contributed by atoms with Crippen molar-refractivity contribution in [1.82, 2.24) is 30.4 Å². The van der Waals surface area contributed by atoms with E-state index in [1.54, 1.807) is 17.0 Å². The first kappa shape index (κ1) is 58.4. The Morgan fingerprint density at radius 3 is 1.32 bits per heavy atom. The van der Waals surface area contributed by atoms with Crippen LogP contribution in [0.4, 0.5) is 25.8 Å². The van der Waals surface area contributed by atoms with Crippen LogP contribution < -0.4 is 20.4 Å². The zero-order chi connectivity index (χ0) is 55.4. The van der Waals surface area contributed by atoms with Gasteiger partial charge in [-0.2, -0.15) is 0 Å². The van der Waals surface area contributed by atoms with Gasteiger partial charge in [0.15, 0.2) is 0 Å². The van der Waals surface area contributed by atoms with Crippen molar-refractivity contribution in [3.8, 4) is 0 Å². The maximum Gasteiger partial charge on any atom is 0.410 e. The van der Waals surface area contributed by atoms with Crippen molar-refractivity contribution in [3.63, 3.8) is 0 Å². The van der Waals surface area contributed by atoms with Crippen LogP contribution in [0.25, 0.3) is 0 Å². The lowest BCUT2D eigenvalue weighted by Crippen LogP contribution is -2.47. The van der Waals surface area contributed by atoms with Crippen LogP contribution in [0, 0.1) is 0 Å². The van der Waals surface area contributed by atoms with E-state index in [-0.39, 0.29) is 41.7 Å². The lowest BCUT2D eigenvalue weighted by Gasteiger charge is -2.38. The van der Waals surface area contributed by atoms with E-state index in [2.05, 4.69) is 30.4 Å². The summed E-state index contributed by atoms with van der Waals surface area (Å²) >= 11 is 0. The smallest absolute Gasteiger partial charge is 0.410 e. The predicted molar refractivity (Wildman–Crippen MR) is 295 cm³/mol. The molecule has 0 saturated carbocycles. The summed E-state index contributed by atoms with van der Waals surface area (Å²) in [7, 11) is 3.74. The van der Waals surface area contributed by atoms with Crippen LogP contribution in [0.3, 0.4) is 0 Å². The Morgan fingerprint density at radius 1 is 0.539 bits per heavy atom. The Kier molecular flexibility index (Phi) is 19.8. The minimum atomic E-state index is -0.959. The van der Waals surface area contributed by atoms with Crippen molar-refractivity contribution in [1.29, 1.82) is 0 Å².